The van der Waals surface area contributed by atoms with Gasteiger partial charge in [-0.3, -0.25) is 0 Å². The van der Waals surface area contributed by atoms with Gasteiger partial charge in [-0.25, -0.2) is 0 Å². The van der Waals surface area contributed by atoms with Crippen molar-refractivity contribution in [2.45, 2.75) is 37.3 Å². The van der Waals surface area contributed by atoms with Gasteiger partial charge in [0.2, 0.25) is 0 Å². The Morgan fingerprint density at radius 2 is 1.36 bits per heavy atom. The monoisotopic (exact) mass is 339 g/mol. The molecular weight excluding hydrogens is 319 g/mol. The Morgan fingerprint density at radius 1 is 1.14 bits per heavy atom. The van der Waals surface area contributed by atoms with Gasteiger partial charge in [0, 0.05) is 0 Å². The van der Waals surface area contributed by atoms with Crippen molar-refractivity contribution in [1.82, 2.24) is 0 Å². The van der Waals surface area contributed by atoms with Crippen molar-refractivity contribution in [3.8, 4) is 0 Å². The Kier molecular flexibility index (Phi) is 12.6. The van der Waals surface area contributed by atoms with Crippen LogP contribution in [0.4, 0.5) is 0 Å². The fourth-order valence-corrected chi connectivity index (χ4v) is 3.19. The summed E-state index contributed by atoms with van der Waals surface area (Å²) in [4.78, 5) is 21.6. The summed E-state index contributed by atoms with van der Waals surface area (Å²) in [5, 5.41) is 0. The molecule has 0 radical (unpaired) electrons. The van der Waals surface area contributed by atoms with Crippen LogP contribution >= 0.6 is 5.69 Å². The molecule has 0 N–H and O–H groups in total. The van der Waals surface area contributed by atoms with Crippen LogP contribution in [-0.4, -0.2) is 0 Å². The SMILES string of the molecule is CC(C)[CH2][Mo+3][CH2]C(C)C.[O-]P([O-])(=S)[S-]. The Labute approximate surface area is 107 Å². The van der Waals surface area contributed by atoms with Crippen LogP contribution < -0.4 is 9.79 Å². The van der Waals surface area contributed by atoms with Crippen LogP contribution in [0.25, 0.3) is 0 Å². The summed E-state index contributed by atoms with van der Waals surface area (Å²) in [5.41, 5.74) is -3.72. The van der Waals surface area contributed by atoms with Crippen molar-refractivity contribution in [1.29, 1.82) is 0 Å². The zero-order chi connectivity index (χ0) is 11.8. The first kappa shape index (κ1) is 18.0. The molecule has 0 spiro atoms. The van der Waals surface area contributed by atoms with Crippen molar-refractivity contribution in [2.24, 2.45) is 11.8 Å². The van der Waals surface area contributed by atoms with Crippen molar-refractivity contribution in [3.05, 3.63) is 0 Å². The largest absolute Gasteiger partial charge is 0.850 e. The van der Waals surface area contributed by atoms with E-state index in [-0.39, 0.29) is 0 Å². The number of hydrogen-bond acceptors (Lipinski definition) is 4. The summed E-state index contributed by atoms with van der Waals surface area (Å²) in [6.07, 6.45) is 0. The second-order valence-electron chi connectivity index (χ2n) is 3.77. The molecule has 0 aliphatic carbocycles. The van der Waals surface area contributed by atoms with E-state index in [2.05, 4.69) is 51.8 Å². The Morgan fingerprint density at radius 3 is 1.50 bits per heavy atom. The van der Waals surface area contributed by atoms with E-state index >= 15 is 0 Å². The van der Waals surface area contributed by atoms with Gasteiger partial charge in [-0.15, -0.1) is 0 Å². The van der Waals surface area contributed by atoms with Gasteiger partial charge in [-0.1, -0.05) is 0 Å². The summed E-state index contributed by atoms with van der Waals surface area (Å²) >= 11 is 7.67. The first-order valence-corrected chi connectivity index (χ1v) is 10.9. The molecule has 0 aromatic heterocycles. The van der Waals surface area contributed by atoms with Crippen molar-refractivity contribution in [2.75, 3.05) is 0 Å². The van der Waals surface area contributed by atoms with Crippen LogP contribution in [-0.2, 0) is 42.6 Å². The van der Waals surface area contributed by atoms with Gasteiger partial charge in [0.05, 0.1) is 0 Å². The second kappa shape index (κ2) is 9.81. The van der Waals surface area contributed by atoms with E-state index in [0.29, 0.717) is 18.6 Å². The van der Waals surface area contributed by atoms with E-state index < -0.39 is 5.69 Å². The zero-order valence-electron chi connectivity index (χ0n) is 9.06. The van der Waals surface area contributed by atoms with Crippen LogP contribution in [0.15, 0.2) is 0 Å². The van der Waals surface area contributed by atoms with Gasteiger partial charge >= 0.3 is 67.7 Å². The molecule has 0 unspecified atom stereocenters. The van der Waals surface area contributed by atoms with E-state index in [1.807, 2.05) is 0 Å². The van der Waals surface area contributed by atoms with E-state index in [9.17, 15) is 9.79 Å². The molecular formula is C8H18MoO2PS2. The molecule has 0 bridgehead atoms. The van der Waals surface area contributed by atoms with Gasteiger partial charge < -0.3 is 27.7 Å². The summed E-state index contributed by atoms with van der Waals surface area (Å²) < 4.78 is 0. The minimum Gasteiger partial charge on any atom is -0.850 e. The Balaban J connectivity index is 0. The van der Waals surface area contributed by atoms with Crippen molar-refractivity contribution >= 4 is 29.7 Å². The van der Waals surface area contributed by atoms with Crippen LogP contribution in [0.2, 0.25) is 9.62 Å². The van der Waals surface area contributed by atoms with Crippen LogP contribution in [0.3, 0.4) is 0 Å². The maximum Gasteiger partial charge on any atom is -0.160 e. The normalized spacial score (nSPS) is 10.9. The van der Waals surface area contributed by atoms with Crippen LogP contribution in [0.5, 0.6) is 0 Å². The fourth-order valence-electron chi connectivity index (χ4n) is 0.539. The molecule has 2 nitrogen and oxygen atoms in total. The zero-order valence-corrected chi connectivity index (χ0v) is 13.6. The topological polar surface area (TPSA) is 46.1 Å². The van der Waals surface area contributed by atoms with E-state index in [0.717, 1.165) is 11.8 Å². The summed E-state index contributed by atoms with van der Waals surface area (Å²) in [5.74, 6) is 1.90. The number of rotatable bonds is 4. The maximum absolute atomic E-state index is 9.29. The molecule has 85 valence electrons. The molecule has 0 atom stereocenters. The molecule has 0 aliphatic heterocycles. The van der Waals surface area contributed by atoms with Gasteiger partial charge in [0.25, 0.3) is 0 Å². The summed E-state index contributed by atoms with van der Waals surface area (Å²) in [7, 11) is 0. The molecule has 0 saturated carbocycles. The second-order valence-corrected chi connectivity index (χ2v) is 10.9. The van der Waals surface area contributed by atoms with E-state index in [1.165, 1.54) is 9.62 Å². The smallest absolute Gasteiger partial charge is 0.160 e. The predicted octanol–water partition coefficient (Wildman–Crippen LogP) is 1.70. The van der Waals surface area contributed by atoms with Gasteiger partial charge in [0.1, 0.15) is 0 Å². The first-order valence-electron chi connectivity index (χ1n) is 4.43. The van der Waals surface area contributed by atoms with Gasteiger partial charge in [-0.05, 0) is 0 Å². The molecule has 6 heteroatoms. The van der Waals surface area contributed by atoms with Gasteiger partial charge in [0.15, 0.2) is 0 Å². The third kappa shape index (κ3) is 37.4. The standard InChI is InChI=1S/2C4H9.Mo.H3O2PS2/c2*1-4(2)3;;1-3(2,4)5/h2*4H,1H2,2-3H3;;(H3,1,2,4,5)/q;;+3;/p-3. The quantitative estimate of drug-likeness (QED) is 0.445. The van der Waals surface area contributed by atoms with Crippen LogP contribution in [0, 0.1) is 11.8 Å². The average molecular weight is 337 g/mol. The third-order valence-electron chi connectivity index (χ3n) is 0.902. The molecule has 0 amide bonds. The van der Waals surface area contributed by atoms with Crippen molar-refractivity contribution < 1.29 is 28.3 Å². The minimum atomic E-state index is -3.72. The first-order chi connectivity index (χ1) is 6.13. The third-order valence-corrected chi connectivity index (χ3v) is 5.34. The Bertz CT molecular complexity index is 154. The number of hydrogen-bond donors (Lipinski definition) is 0. The average Bonchev–Trinajstić information content (AvgIpc) is 1.80. The summed E-state index contributed by atoms with van der Waals surface area (Å²) in [6.45, 7) is 9.30. The van der Waals surface area contributed by atoms with Crippen molar-refractivity contribution in [3.63, 3.8) is 0 Å². The molecule has 0 saturated heterocycles. The molecule has 0 rings (SSSR count). The van der Waals surface area contributed by atoms with Gasteiger partial charge in [-0.2, -0.15) is 11.8 Å². The molecule has 0 aromatic rings. The molecule has 0 aromatic carbocycles. The maximum atomic E-state index is 9.29. The molecule has 0 fully saturated rings. The summed E-state index contributed by atoms with van der Waals surface area (Å²) in [6, 6.07) is 0. The molecule has 0 aliphatic rings. The predicted molar refractivity (Wildman–Crippen MR) is 60.9 cm³/mol. The minimum absolute atomic E-state index is 0.386. The Hall–Kier alpha value is 1.61. The van der Waals surface area contributed by atoms with E-state index in [1.54, 1.807) is 0 Å². The van der Waals surface area contributed by atoms with E-state index in [4.69, 9.17) is 0 Å². The molecule has 14 heavy (non-hydrogen) atoms. The van der Waals surface area contributed by atoms with Crippen LogP contribution in [0.1, 0.15) is 27.7 Å². The fraction of sp³-hybridized carbons (Fsp3) is 1.00. The molecule has 0 heterocycles.